The second kappa shape index (κ2) is 2.49. The molecule has 2 rings (SSSR count). The molecule has 0 aromatic carbocycles. The van der Waals surface area contributed by atoms with E-state index in [1.165, 1.54) is 12.8 Å². The van der Waals surface area contributed by atoms with Gasteiger partial charge in [0.2, 0.25) is 0 Å². The minimum Gasteiger partial charge on any atom is -0.398 e. The van der Waals surface area contributed by atoms with Crippen LogP contribution < -0.4 is 0 Å². The number of nitrogens with zero attached hydrogens (tertiary/aromatic N) is 1. The lowest BCUT2D eigenvalue weighted by Crippen LogP contribution is -2.57. The van der Waals surface area contributed by atoms with Crippen molar-refractivity contribution in [1.82, 2.24) is 4.90 Å². The van der Waals surface area contributed by atoms with E-state index < -0.39 is 5.50 Å². The number of hydrogen-bond donors (Lipinski definition) is 1. The first-order valence-corrected chi connectivity index (χ1v) is 4.83. The van der Waals surface area contributed by atoms with Gasteiger partial charge in [0, 0.05) is 11.0 Å². The van der Waals surface area contributed by atoms with E-state index in [1.54, 1.807) is 6.92 Å². The first kappa shape index (κ1) is 8.58. The summed E-state index contributed by atoms with van der Waals surface area (Å²) in [5.41, 5.74) is -1.10. The van der Waals surface area contributed by atoms with Crippen molar-refractivity contribution in [1.29, 1.82) is 0 Å². The Morgan fingerprint density at radius 2 is 1.83 bits per heavy atom. The van der Waals surface area contributed by atoms with Crippen molar-refractivity contribution < 1.29 is 5.11 Å². The first-order valence-electron chi connectivity index (χ1n) is 4.83. The molecular formula is C9H16BNO. The topological polar surface area (TPSA) is 23.5 Å². The van der Waals surface area contributed by atoms with Crippen molar-refractivity contribution in [2.75, 3.05) is 13.1 Å². The minimum atomic E-state index is -1.01. The third-order valence-corrected chi connectivity index (χ3v) is 3.58. The lowest BCUT2D eigenvalue weighted by Gasteiger charge is -2.43. The van der Waals surface area contributed by atoms with Crippen molar-refractivity contribution in [2.45, 2.75) is 43.6 Å². The van der Waals surface area contributed by atoms with Gasteiger partial charge < -0.3 is 5.11 Å². The van der Waals surface area contributed by atoms with Crippen LogP contribution in [0.2, 0.25) is 0 Å². The van der Waals surface area contributed by atoms with Gasteiger partial charge >= 0.3 is 0 Å². The smallest absolute Gasteiger partial charge is 0.115 e. The molecular weight excluding hydrogens is 149 g/mol. The maximum Gasteiger partial charge on any atom is 0.115 e. The predicted octanol–water partition coefficient (Wildman–Crippen LogP) is 0.492. The lowest BCUT2D eigenvalue weighted by molar-refractivity contribution is -0.00531. The van der Waals surface area contributed by atoms with Gasteiger partial charge in [-0.2, -0.15) is 0 Å². The van der Waals surface area contributed by atoms with Crippen LogP contribution in [0.3, 0.4) is 0 Å². The Balaban J connectivity index is 2.28. The van der Waals surface area contributed by atoms with E-state index in [1.807, 2.05) is 0 Å². The monoisotopic (exact) mass is 165 g/mol. The molecule has 2 radical (unpaired) electrons. The Kier molecular flexibility index (Phi) is 1.78. The van der Waals surface area contributed by atoms with Gasteiger partial charge in [0.1, 0.15) is 7.85 Å². The van der Waals surface area contributed by atoms with Crippen molar-refractivity contribution in [3.05, 3.63) is 0 Å². The fourth-order valence-electron chi connectivity index (χ4n) is 2.93. The second-order valence-electron chi connectivity index (χ2n) is 4.37. The van der Waals surface area contributed by atoms with Gasteiger partial charge in [0.15, 0.2) is 0 Å². The average Bonchev–Trinajstić information content (AvgIpc) is 2.37. The van der Waals surface area contributed by atoms with Gasteiger partial charge in [-0.25, -0.2) is 0 Å². The molecule has 0 saturated carbocycles. The van der Waals surface area contributed by atoms with Gasteiger partial charge in [-0.05, 0) is 45.7 Å². The molecule has 66 valence electrons. The summed E-state index contributed by atoms with van der Waals surface area (Å²) in [7, 11) is 5.83. The molecule has 0 aliphatic carbocycles. The molecule has 2 aliphatic rings. The zero-order chi connectivity index (χ0) is 8.82. The molecule has 2 aliphatic heterocycles. The highest BCUT2D eigenvalue weighted by Crippen LogP contribution is 2.44. The Morgan fingerprint density at radius 3 is 2.17 bits per heavy atom. The maximum absolute atomic E-state index is 9.91. The predicted molar refractivity (Wildman–Crippen MR) is 49.1 cm³/mol. The standard InChI is InChI=1S/C9H16BNO/c1-8(10,12)9-4-2-6-11(9)7-3-5-9/h12H,2-7H2,1H3. The molecule has 0 aromatic rings. The molecule has 0 bridgehead atoms. The van der Waals surface area contributed by atoms with Crippen LogP contribution >= 0.6 is 0 Å². The largest absolute Gasteiger partial charge is 0.398 e. The highest BCUT2D eigenvalue weighted by atomic mass is 16.3. The number of hydrogen-bond acceptors (Lipinski definition) is 2. The van der Waals surface area contributed by atoms with Crippen molar-refractivity contribution in [3.8, 4) is 0 Å². The van der Waals surface area contributed by atoms with Crippen molar-refractivity contribution in [3.63, 3.8) is 0 Å². The molecule has 1 N–H and O–H groups in total. The number of rotatable bonds is 1. The van der Waals surface area contributed by atoms with Gasteiger partial charge in [0.25, 0.3) is 0 Å². The van der Waals surface area contributed by atoms with Crippen LogP contribution in [0.15, 0.2) is 0 Å². The van der Waals surface area contributed by atoms with E-state index in [4.69, 9.17) is 7.85 Å². The summed E-state index contributed by atoms with van der Waals surface area (Å²) in [4.78, 5) is 2.37. The number of fused-ring (bicyclic) bond motifs is 1. The third kappa shape index (κ3) is 0.959. The molecule has 2 fully saturated rings. The normalized spacial score (nSPS) is 33.2. The Labute approximate surface area is 75.4 Å². The summed E-state index contributed by atoms with van der Waals surface area (Å²) in [5, 5.41) is 9.91. The summed E-state index contributed by atoms with van der Waals surface area (Å²) >= 11 is 0. The Hall–Kier alpha value is -0.0151. The molecule has 0 amide bonds. The van der Waals surface area contributed by atoms with Gasteiger partial charge in [-0.15, -0.1) is 0 Å². The Bertz CT molecular complexity index is 177. The van der Waals surface area contributed by atoms with Crippen LogP contribution in [0, 0.1) is 0 Å². The highest BCUT2D eigenvalue weighted by Gasteiger charge is 2.52. The zero-order valence-corrected chi connectivity index (χ0v) is 7.71. The van der Waals surface area contributed by atoms with Crippen LogP contribution in [0.25, 0.3) is 0 Å². The molecule has 2 saturated heterocycles. The second-order valence-corrected chi connectivity index (χ2v) is 4.37. The fraction of sp³-hybridized carbons (Fsp3) is 1.00. The van der Waals surface area contributed by atoms with Gasteiger partial charge in [0.05, 0.1) is 0 Å². The molecule has 0 spiro atoms. The summed E-state index contributed by atoms with van der Waals surface area (Å²) in [5.74, 6) is 0. The van der Waals surface area contributed by atoms with E-state index in [0.29, 0.717) is 0 Å². The van der Waals surface area contributed by atoms with Crippen LogP contribution in [-0.4, -0.2) is 42.0 Å². The summed E-state index contributed by atoms with van der Waals surface area (Å²) < 4.78 is 0. The van der Waals surface area contributed by atoms with E-state index in [-0.39, 0.29) is 5.54 Å². The van der Waals surface area contributed by atoms with Crippen LogP contribution in [0.5, 0.6) is 0 Å². The van der Waals surface area contributed by atoms with Crippen molar-refractivity contribution >= 4 is 7.85 Å². The quantitative estimate of drug-likeness (QED) is 0.571. The van der Waals surface area contributed by atoms with E-state index in [2.05, 4.69) is 4.90 Å². The summed E-state index contributed by atoms with van der Waals surface area (Å²) in [6.07, 6.45) is 4.51. The molecule has 2 nitrogen and oxygen atoms in total. The lowest BCUT2D eigenvalue weighted by atomic mass is 9.65. The molecule has 1 atom stereocenters. The molecule has 0 aromatic heterocycles. The van der Waals surface area contributed by atoms with Crippen LogP contribution in [-0.2, 0) is 0 Å². The molecule has 12 heavy (non-hydrogen) atoms. The average molecular weight is 165 g/mol. The molecule has 1 unspecified atom stereocenters. The first-order chi connectivity index (χ1) is 5.56. The zero-order valence-electron chi connectivity index (χ0n) is 7.71. The summed E-state index contributed by atoms with van der Waals surface area (Å²) in [6, 6.07) is 0. The highest BCUT2D eigenvalue weighted by molar-refractivity contribution is 6.15. The number of aliphatic hydroxyl groups is 1. The molecule has 3 heteroatoms. The van der Waals surface area contributed by atoms with E-state index in [0.717, 1.165) is 25.9 Å². The summed E-state index contributed by atoms with van der Waals surface area (Å²) in [6.45, 7) is 3.98. The Morgan fingerprint density at radius 1 is 1.33 bits per heavy atom. The SMILES string of the molecule is [B]C(C)(O)C12CCCN1CCC2. The molecule has 2 heterocycles. The maximum atomic E-state index is 9.91. The van der Waals surface area contributed by atoms with E-state index >= 15 is 0 Å². The fourth-order valence-corrected chi connectivity index (χ4v) is 2.93. The van der Waals surface area contributed by atoms with Crippen LogP contribution in [0.1, 0.15) is 32.6 Å². The van der Waals surface area contributed by atoms with Gasteiger partial charge in [-0.3, -0.25) is 4.90 Å². The minimum absolute atomic E-state index is 0.0903. The van der Waals surface area contributed by atoms with Gasteiger partial charge in [-0.1, -0.05) is 0 Å². The third-order valence-electron chi connectivity index (χ3n) is 3.58. The van der Waals surface area contributed by atoms with Crippen LogP contribution in [0.4, 0.5) is 0 Å². The van der Waals surface area contributed by atoms with E-state index in [9.17, 15) is 5.11 Å². The van der Waals surface area contributed by atoms with Crippen molar-refractivity contribution in [2.24, 2.45) is 0 Å².